The van der Waals surface area contributed by atoms with Gasteiger partial charge in [0.1, 0.15) is 0 Å². The van der Waals surface area contributed by atoms with Gasteiger partial charge in [0, 0.05) is 13.1 Å². The van der Waals surface area contributed by atoms with E-state index in [4.69, 9.17) is 0 Å². The van der Waals surface area contributed by atoms with Crippen LogP contribution in [-0.4, -0.2) is 48.4 Å². The third-order valence-electron chi connectivity index (χ3n) is 5.77. The van der Waals surface area contributed by atoms with E-state index in [1.165, 1.54) is 12.8 Å². The molecule has 0 radical (unpaired) electrons. The molecule has 0 aromatic heterocycles. The zero-order chi connectivity index (χ0) is 17.0. The van der Waals surface area contributed by atoms with Crippen LogP contribution in [0.15, 0.2) is 30.3 Å². The highest BCUT2D eigenvalue weighted by Crippen LogP contribution is 2.35. The molecule has 3 rings (SSSR count). The quantitative estimate of drug-likeness (QED) is 0.840. The van der Waals surface area contributed by atoms with Gasteiger partial charge in [-0.05, 0) is 44.8 Å². The van der Waals surface area contributed by atoms with Gasteiger partial charge >= 0.3 is 0 Å². The van der Waals surface area contributed by atoms with Crippen molar-refractivity contribution in [3.63, 3.8) is 0 Å². The standard InChI is InChI=1S/C20H27N3O/c1-22-13-7-3-6-10-18(22)19(24)23-14-11-20(16-21,12-15-23)17-8-4-2-5-9-17/h2,4-5,8-9,18H,3,6-7,10-15H2,1H3. The van der Waals surface area contributed by atoms with Crippen LogP contribution >= 0.6 is 0 Å². The SMILES string of the molecule is CN1CCCCCC1C(=O)N1CCC(C#N)(c2ccccc2)CC1. The van der Waals surface area contributed by atoms with Crippen LogP contribution in [0.3, 0.4) is 0 Å². The van der Waals surface area contributed by atoms with Gasteiger partial charge in [0.05, 0.1) is 17.5 Å². The van der Waals surface area contributed by atoms with E-state index in [0.717, 1.165) is 37.8 Å². The van der Waals surface area contributed by atoms with Crippen molar-refractivity contribution in [3.05, 3.63) is 35.9 Å². The average molecular weight is 325 g/mol. The molecule has 4 nitrogen and oxygen atoms in total. The highest BCUT2D eigenvalue weighted by atomic mass is 16.2. The summed E-state index contributed by atoms with van der Waals surface area (Å²) < 4.78 is 0. The molecule has 2 heterocycles. The Hall–Kier alpha value is -1.86. The number of rotatable bonds is 2. The number of likely N-dealkylation sites (tertiary alicyclic amines) is 2. The van der Waals surface area contributed by atoms with Gasteiger partial charge in [-0.25, -0.2) is 0 Å². The number of hydrogen-bond acceptors (Lipinski definition) is 3. The van der Waals surface area contributed by atoms with E-state index in [2.05, 4.69) is 18.0 Å². The summed E-state index contributed by atoms with van der Waals surface area (Å²) in [6.07, 6.45) is 5.98. The minimum atomic E-state index is -0.437. The van der Waals surface area contributed by atoms with Crippen molar-refractivity contribution in [2.45, 2.75) is 50.0 Å². The highest BCUT2D eigenvalue weighted by Gasteiger charge is 2.39. The average Bonchev–Trinajstić information content (AvgIpc) is 2.86. The first-order valence-electron chi connectivity index (χ1n) is 9.12. The first kappa shape index (κ1) is 17.0. The van der Waals surface area contributed by atoms with E-state index in [-0.39, 0.29) is 11.9 Å². The van der Waals surface area contributed by atoms with Crippen molar-refractivity contribution in [1.82, 2.24) is 9.80 Å². The lowest BCUT2D eigenvalue weighted by Gasteiger charge is -2.40. The Labute approximate surface area is 145 Å². The number of amides is 1. The van der Waals surface area contributed by atoms with E-state index in [1.807, 2.05) is 35.2 Å². The van der Waals surface area contributed by atoms with Crippen molar-refractivity contribution >= 4 is 5.91 Å². The zero-order valence-corrected chi connectivity index (χ0v) is 14.6. The van der Waals surface area contributed by atoms with Crippen LogP contribution in [0.1, 0.15) is 44.1 Å². The summed E-state index contributed by atoms with van der Waals surface area (Å²) in [7, 11) is 2.07. The Morgan fingerprint density at radius 1 is 1.12 bits per heavy atom. The highest BCUT2D eigenvalue weighted by molar-refractivity contribution is 5.82. The second kappa shape index (κ2) is 7.36. The summed E-state index contributed by atoms with van der Waals surface area (Å²) >= 11 is 0. The fraction of sp³-hybridized carbons (Fsp3) is 0.600. The topological polar surface area (TPSA) is 47.3 Å². The van der Waals surface area contributed by atoms with Gasteiger partial charge in [-0.1, -0.05) is 43.2 Å². The third-order valence-corrected chi connectivity index (χ3v) is 5.77. The van der Waals surface area contributed by atoms with Gasteiger partial charge in [-0.3, -0.25) is 9.69 Å². The lowest BCUT2D eigenvalue weighted by molar-refractivity contribution is -0.138. The van der Waals surface area contributed by atoms with Crippen molar-refractivity contribution in [1.29, 1.82) is 5.26 Å². The zero-order valence-electron chi connectivity index (χ0n) is 14.6. The molecule has 2 fully saturated rings. The number of nitriles is 1. The molecule has 2 saturated heterocycles. The number of carbonyl (C=O) groups excluding carboxylic acids is 1. The second-order valence-electron chi connectivity index (χ2n) is 7.23. The monoisotopic (exact) mass is 325 g/mol. The molecule has 4 heteroatoms. The molecule has 1 atom stereocenters. The maximum Gasteiger partial charge on any atom is 0.239 e. The first-order chi connectivity index (χ1) is 11.7. The van der Waals surface area contributed by atoms with Gasteiger partial charge in [0.2, 0.25) is 5.91 Å². The molecular weight excluding hydrogens is 298 g/mol. The Bertz CT molecular complexity index is 599. The molecule has 24 heavy (non-hydrogen) atoms. The third kappa shape index (κ3) is 3.32. The maximum absolute atomic E-state index is 13.0. The molecule has 2 aliphatic rings. The lowest BCUT2D eigenvalue weighted by Crippen LogP contribution is -2.51. The number of carbonyl (C=O) groups is 1. The van der Waals surface area contributed by atoms with Crippen LogP contribution in [0.5, 0.6) is 0 Å². The van der Waals surface area contributed by atoms with E-state index >= 15 is 0 Å². The van der Waals surface area contributed by atoms with E-state index in [9.17, 15) is 10.1 Å². The fourth-order valence-corrected chi connectivity index (χ4v) is 4.11. The van der Waals surface area contributed by atoms with Crippen LogP contribution in [0.25, 0.3) is 0 Å². The molecule has 1 aromatic carbocycles. The van der Waals surface area contributed by atoms with Gasteiger partial charge in [0.25, 0.3) is 0 Å². The molecule has 0 aliphatic carbocycles. The summed E-state index contributed by atoms with van der Waals surface area (Å²) in [4.78, 5) is 17.2. The Balaban J connectivity index is 1.68. The van der Waals surface area contributed by atoms with E-state index in [0.29, 0.717) is 13.1 Å². The summed E-state index contributed by atoms with van der Waals surface area (Å²) in [6, 6.07) is 12.6. The van der Waals surface area contributed by atoms with E-state index in [1.54, 1.807) is 0 Å². The van der Waals surface area contributed by atoms with Gasteiger partial charge in [-0.15, -0.1) is 0 Å². The van der Waals surface area contributed by atoms with Crippen LogP contribution in [0, 0.1) is 11.3 Å². The van der Waals surface area contributed by atoms with Crippen LogP contribution in [0.2, 0.25) is 0 Å². The van der Waals surface area contributed by atoms with Crippen molar-refractivity contribution in [2.75, 3.05) is 26.7 Å². The molecule has 0 N–H and O–H groups in total. The summed E-state index contributed by atoms with van der Waals surface area (Å²) in [6.45, 7) is 2.38. The minimum absolute atomic E-state index is 0.0267. The molecule has 1 aromatic rings. The molecule has 128 valence electrons. The molecule has 1 unspecified atom stereocenters. The molecule has 0 spiro atoms. The number of benzene rings is 1. The molecule has 1 amide bonds. The predicted octanol–water partition coefficient (Wildman–Crippen LogP) is 2.94. The fourth-order valence-electron chi connectivity index (χ4n) is 4.11. The number of nitrogens with zero attached hydrogens (tertiary/aromatic N) is 3. The molecular formula is C20H27N3O. The number of piperidine rings is 1. The molecule has 0 saturated carbocycles. The number of likely N-dealkylation sites (N-methyl/N-ethyl adjacent to an activating group) is 1. The largest absolute Gasteiger partial charge is 0.341 e. The number of hydrogen-bond donors (Lipinski definition) is 0. The van der Waals surface area contributed by atoms with Crippen LogP contribution in [0.4, 0.5) is 0 Å². The lowest BCUT2D eigenvalue weighted by atomic mass is 9.74. The van der Waals surface area contributed by atoms with Gasteiger partial charge < -0.3 is 4.90 Å². The Morgan fingerprint density at radius 3 is 2.50 bits per heavy atom. The van der Waals surface area contributed by atoms with Gasteiger partial charge in [0.15, 0.2) is 0 Å². The summed E-state index contributed by atoms with van der Waals surface area (Å²) in [5.41, 5.74) is 0.652. The van der Waals surface area contributed by atoms with Crippen molar-refractivity contribution in [2.24, 2.45) is 0 Å². The van der Waals surface area contributed by atoms with Crippen LogP contribution in [-0.2, 0) is 10.2 Å². The maximum atomic E-state index is 13.0. The normalized spacial score (nSPS) is 24.8. The Kier molecular flexibility index (Phi) is 5.20. The predicted molar refractivity (Wildman–Crippen MR) is 94.4 cm³/mol. The smallest absolute Gasteiger partial charge is 0.239 e. The Morgan fingerprint density at radius 2 is 1.83 bits per heavy atom. The van der Waals surface area contributed by atoms with Crippen molar-refractivity contribution < 1.29 is 4.79 Å². The van der Waals surface area contributed by atoms with Gasteiger partial charge in [-0.2, -0.15) is 5.26 Å². The molecule has 0 bridgehead atoms. The second-order valence-corrected chi connectivity index (χ2v) is 7.23. The summed E-state index contributed by atoms with van der Waals surface area (Å²) in [5, 5.41) is 9.79. The summed E-state index contributed by atoms with van der Waals surface area (Å²) in [5.74, 6) is 0.263. The van der Waals surface area contributed by atoms with Crippen LogP contribution < -0.4 is 0 Å². The van der Waals surface area contributed by atoms with Crippen molar-refractivity contribution in [3.8, 4) is 6.07 Å². The first-order valence-corrected chi connectivity index (χ1v) is 9.12. The minimum Gasteiger partial charge on any atom is -0.341 e. The molecule has 2 aliphatic heterocycles. The van der Waals surface area contributed by atoms with E-state index < -0.39 is 5.41 Å².